The number of rotatable bonds is 8. The number of carbonyl (C=O) groups excluding carboxylic acids is 1. The van der Waals surface area contributed by atoms with Gasteiger partial charge in [-0.3, -0.25) is 4.79 Å². The van der Waals surface area contributed by atoms with E-state index < -0.39 is 0 Å². The van der Waals surface area contributed by atoms with Crippen LogP contribution in [0.1, 0.15) is 31.3 Å². The average molecular weight is 475 g/mol. The third kappa shape index (κ3) is 5.83. The third-order valence-electron chi connectivity index (χ3n) is 4.19. The molecule has 0 aliphatic rings. The Morgan fingerprint density at radius 1 is 1.24 bits per heavy atom. The molecule has 1 N–H and O–H groups in total. The van der Waals surface area contributed by atoms with Crippen LogP contribution in [-0.2, 0) is 11.3 Å². The number of nitrogens with zero attached hydrogens (tertiary/aromatic N) is 3. The van der Waals surface area contributed by atoms with Crippen molar-refractivity contribution in [2.45, 2.75) is 38.6 Å². The number of carbonyl (C=O) groups is 1. The number of anilines is 1. The number of benzene rings is 2. The second-order valence-corrected chi connectivity index (χ2v) is 8.36. The lowest BCUT2D eigenvalue weighted by Crippen LogP contribution is -2.15. The fourth-order valence-electron chi connectivity index (χ4n) is 2.82. The van der Waals surface area contributed by atoms with Crippen LogP contribution in [0.5, 0.6) is 5.75 Å². The molecule has 2 aromatic carbocycles. The van der Waals surface area contributed by atoms with E-state index in [1.165, 1.54) is 11.8 Å². The highest BCUT2D eigenvalue weighted by Crippen LogP contribution is 2.25. The Morgan fingerprint density at radius 3 is 2.69 bits per heavy atom. The zero-order chi connectivity index (χ0) is 20.8. The summed E-state index contributed by atoms with van der Waals surface area (Å²) in [5, 5.41) is 12.2. The minimum Gasteiger partial charge on any atom is -0.483 e. The number of thioether (sulfide) groups is 1. The molecule has 0 bridgehead atoms. The molecule has 0 aliphatic heterocycles. The van der Waals surface area contributed by atoms with Gasteiger partial charge in [-0.05, 0) is 62.7 Å². The van der Waals surface area contributed by atoms with Gasteiger partial charge in [0.1, 0.15) is 5.75 Å². The Balaban J connectivity index is 1.62. The number of hydrogen-bond donors (Lipinski definition) is 1. The Morgan fingerprint density at radius 2 is 2.00 bits per heavy atom. The Kier molecular flexibility index (Phi) is 7.33. The molecular formula is C21H23BrN4O2S. The van der Waals surface area contributed by atoms with E-state index in [1.54, 1.807) is 0 Å². The van der Waals surface area contributed by atoms with E-state index in [4.69, 9.17) is 4.74 Å². The Hall–Kier alpha value is -2.32. The first-order valence-electron chi connectivity index (χ1n) is 9.31. The van der Waals surface area contributed by atoms with Gasteiger partial charge in [0.25, 0.3) is 0 Å². The minimum absolute atomic E-state index is 0.0769. The second kappa shape index (κ2) is 9.93. The van der Waals surface area contributed by atoms with Gasteiger partial charge in [-0.1, -0.05) is 39.8 Å². The summed E-state index contributed by atoms with van der Waals surface area (Å²) in [6, 6.07) is 15.4. The van der Waals surface area contributed by atoms with E-state index in [2.05, 4.69) is 31.4 Å². The summed E-state index contributed by atoms with van der Waals surface area (Å²) in [5.74, 6) is 1.68. The van der Waals surface area contributed by atoms with Gasteiger partial charge in [0.15, 0.2) is 17.1 Å². The maximum atomic E-state index is 12.3. The largest absolute Gasteiger partial charge is 0.483 e. The van der Waals surface area contributed by atoms with E-state index in [9.17, 15) is 4.79 Å². The van der Waals surface area contributed by atoms with Crippen LogP contribution in [0.4, 0.5) is 5.69 Å². The first-order chi connectivity index (χ1) is 14.0. The van der Waals surface area contributed by atoms with E-state index in [1.807, 2.05) is 73.9 Å². The molecule has 0 fully saturated rings. The maximum Gasteiger partial charge on any atom is 0.234 e. The predicted molar refractivity (Wildman–Crippen MR) is 119 cm³/mol. The van der Waals surface area contributed by atoms with Crippen molar-refractivity contribution < 1.29 is 9.53 Å². The van der Waals surface area contributed by atoms with E-state index in [0.717, 1.165) is 27.3 Å². The molecule has 1 amide bonds. The number of ether oxygens (including phenoxy) is 1. The molecule has 152 valence electrons. The molecule has 1 aromatic heterocycles. The van der Waals surface area contributed by atoms with Crippen molar-refractivity contribution in [3.05, 3.63) is 64.4 Å². The third-order valence-corrected chi connectivity index (χ3v) is 5.68. The zero-order valence-corrected chi connectivity index (χ0v) is 19.0. The van der Waals surface area contributed by atoms with Crippen LogP contribution < -0.4 is 10.1 Å². The molecule has 0 saturated heterocycles. The summed E-state index contributed by atoms with van der Waals surface area (Å²) < 4.78 is 8.97. The van der Waals surface area contributed by atoms with Crippen molar-refractivity contribution >= 4 is 39.3 Å². The summed E-state index contributed by atoms with van der Waals surface area (Å²) in [6.45, 7) is 6.65. The summed E-state index contributed by atoms with van der Waals surface area (Å²) in [5.41, 5.74) is 1.90. The SMILES string of the molecule is CCn1c(SCC(=O)Nc2cccc(C)c2)nnc1C(C)Oc1ccc(Br)cc1. The van der Waals surface area contributed by atoms with Gasteiger partial charge in [0.05, 0.1) is 5.75 Å². The van der Waals surface area contributed by atoms with Gasteiger partial charge in [-0.25, -0.2) is 0 Å². The molecule has 1 atom stereocenters. The van der Waals surface area contributed by atoms with Gasteiger partial charge in [-0.2, -0.15) is 0 Å². The van der Waals surface area contributed by atoms with Crippen LogP contribution in [0.25, 0.3) is 0 Å². The highest BCUT2D eigenvalue weighted by atomic mass is 79.9. The molecule has 6 nitrogen and oxygen atoms in total. The number of amides is 1. The topological polar surface area (TPSA) is 69.0 Å². The Labute approximate surface area is 183 Å². The van der Waals surface area contributed by atoms with Crippen LogP contribution in [0, 0.1) is 6.92 Å². The molecule has 0 radical (unpaired) electrons. The highest BCUT2D eigenvalue weighted by molar-refractivity contribution is 9.10. The number of halogens is 1. The first-order valence-corrected chi connectivity index (χ1v) is 11.1. The van der Waals surface area contributed by atoms with Gasteiger partial charge >= 0.3 is 0 Å². The predicted octanol–water partition coefficient (Wildman–Crippen LogP) is 5.24. The smallest absolute Gasteiger partial charge is 0.234 e. The lowest BCUT2D eigenvalue weighted by molar-refractivity contribution is -0.113. The first kappa shape index (κ1) is 21.4. The maximum absolute atomic E-state index is 12.3. The van der Waals surface area contributed by atoms with Crippen molar-refractivity contribution in [1.82, 2.24) is 14.8 Å². The molecule has 0 aliphatic carbocycles. The van der Waals surface area contributed by atoms with Crippen molar-refractivity contribution in [3.63, 3.8) is 0 Å². The lowest BCUT2D eigenvalue weighted by atomic mass is 10.2. The fraction of sp³-hybridized carbons (Fsp3) is 0.286. The molecule has 3 aromatic rings. The molecular weight excluding hydrogens is 452 g/mol. The van der Waals surface area contributed by atoms with Gasteiger partial charge in [-0.15, -0.1) is 10.2 Å². The number of aromatic nitrogens is 3. The zero-order valence-electron chi connectivity index (χ0n) is 16.6. The highest BCUT2D eigenvalue weighted by Gasteiger charge is 2.19. The summed E-state index contributed by atoms with van der Waals surface area (Å²) in [7, 11) is 0. The minimum atomic E-state index is -0.265. The van der Waals surface area contributed by atoms with Crippen molar-refractivity contribution in [3.8, 4) is 5.75 Å². The van der Waals surface area contributed by atoms with Gasteiger partial charge in [0, 0.05) is 16.7 Å². The van der Waals surface area contributed by atoms with E-state index in [-0.39, 0.29) is 17.8 Å². The van der Waals surface area contributed by atoms with Crippen LogP contribution in [0.15, 0.2) is 58.2 Å². The van der Waals surface area contributed by atoms with Crippen molar-refractivity contribution in [2.24, 2.45) is 0 Å². The molecule has 29 heavy (non-hydrogen) atoms. The van der Waals surface area contributed by atoms with Crippen molar-refractivity contribution in [1.29, 1.82) is 0 Å². The molecule has 3 rings (SSSR count). The van der Waals surface area contributed by atoms with E-state index in [0.29, 0.717) is 11.7 Å². The summed E-state index contributed by atoms with van der Waals surface area (Å²) >= 11 is 4.78. The standard InChI is InChI=1S/C21H23BrN4O2S/c1-4-26-20(15(3)28-18-10-8-16(22)9-11-18)24-25-21(26)29-13-19(27)23-17-7-5-6-14(2)12-17/h5-12,15H,4,13H2,1-3H3,(H,23,27). The molecule has 8 heteroatoms. The van der Waals surface area contributed by atoms with Crippen LogP contribution >= 0.6 is 27.7 Å². The summed E-state index contributed by atoms with van der Waals surface area (Å²) in [6.07, 6.45) is -0.265. The number of nitrogens with one attached hydrogen (secondary N) is 1. The van der Waals surface area contributed by atoms with Crippen LogP contribution in [-0.4, -0.2) is 26.4 Å². The van der Waals surface area contributed by atoms with Crippen LogP contribution in [0.3, 0.4) is 0 Å². The Bertz CT molecular complexity index is 975. The quantitative estimate of drug-likeness (QED) is 0.452. The lowest BCUT2D eigenvalue weighted by Gasteiger charge is -2.15. The molecule has 1 heterocycles. The number of hydrogen-bond acceptors (Lipinski definition) is 5. The van der Waals surface area contributed by atoms with Gasteiger partial charge < -0.3 is 14.6 Å². The fourth-order valence-corrected chi connectivity index (χ4v) is 3.90. The summed E-state index contributed by atoms with van der Waals surface area (Å²) in [4.78, 5) is 12.3. The second-order valence-electron chi connectivity index (χ2n) is 6.51. The van der Waals surface area contributed by atoms with Gasteiger partial charge in [0.2, 0.25) is 5.91 Å². The van der Waals surface area contributed by atoms with Crippen molar-refractivity contribution in [2.75, 3.05) is 11.1 Å². The molecule has 0 saturated carbocycles. The van der Waals surface area contributed by atoms with E-state index >= 15 is 0 Å². The normalized spacial score (nSPS) is 11.9. The molecule has 1 unspecified atom stereocenters. The monoisotopic (exact) mass is 474 g/mol. The molecule has 0 spiro atoms. The number of aryl methyl sites for hydroxylation is 1. The average Bonchev–Trinajstić information content (AvgIpc) is 3.11. The van der Waals surface area contributed by atoms with Crippen LogP contribution in [0.2, 0.25) is 0 Å².